The number of hydrogen-bond donors (Lipinski definition) is 1. The second-order valence-corrected chi connectivity index (χ2v) is 8.81. The van der Waals surface area contributed by atoms with Crippen LogP contribution < -0.4 is 5.32 Å². The van der Waals surface area contributed by atoms with Crippen molar-refractivity contribution < 1.29 is 0 Å². The van der Waals surface area contributed by atoms with Crippen molar-refractivity contribution in [1.29, 1.82) is 0 Å². The summed E-state index contributed by atoms with van der Waals surface area (Å²) in [6.45, 7) is 13.9. The summed E-state index contributed by atoms with van der Waals surface area (Å²) < 4.78 is 0. The van der Waals surface area contributed by atoms with Crippen molar-refractivity contribution in [1.82, 2.24) is 15.2 Å². The average Bonchev–Trinajstić information content (AvgIpc) is 3.21. The SMILES string of the molecule is Cc1cnc(C(C)N2CC(C)(C3CC3)NCC2C(C)C)s1. The maximum atomic E-state index is 4.65. The van der Waals surface area contributed by atoms with Crippen LogP contribution in [0.5, 0.6) is 0 Å². The second-order valence-electron chi connectivity index (χ2n) is 7.54. The Kier molecular flexibility index (Phi) is 4.15. The molecule has 0 bridgehead atoms. The molecule has 0 aromatic carbocycles. The lowest BCUT2D eigenvalue weighted by Gasteiger charge is -2.50. The molecule has 3 unspecified atom stereocenters. The summed E-state index contributed by atoms with van der Waals surface area (Å²) in [5.41, 5.74) is 0.298. The number of aryl methyl sites for hydroxylation is 1. The number of aromatic nitrogens is 1. The molecule has 3 rings (SSSR count). The fraction of sp³-hybridized carbons (Fsp3) is 0.824. The van der Waals surface area contributed by atoms with Crippen LogP contribution in [0.3, 0.4) is 0 Å². The lowest BCUT2D eigenvalue weighted by atomic mass is 9.87. The topological polar surface area (TPSA) is 28.2 Å². The van der Waals surface area contributed by atoms with E-state index in [0.717, 1.165) is 19.0 Å². The van der Waals surface area contributed by atoms with E-state index in [-0.39, 0.29) is 0 Å². The summed E-state index contributed by atoms with van der Waals surface area (Å²) in [4.78, 5) is 8.69. The lowest BCUT2D eigenvalue weighted by Crippen LogP contribution is -2.65. The van der Waals surface area contributed by atoms with E-state index >= 15 is 0 Å². The zero-order valence-electron chi connectivity index (χ0n) is 14.0. The van der Waals surface area contributed by atoms with Gasteiger partial charge in [0.25, 0.3) is 0 Å². The highest BCUT2D eigenvalue weighted by molar-refractivity contribution is 7.11. The van der Waals surface area contributed by atoms with Crippen LogP contribution in [0, 0.1) is 18.8 Å². The molecule has 21 heavy (non-hydrogen) atoms. The minimum absolute atomic E-state index is 0.298. The summed E-state index contributed by atoms with van der Waals surface area (Å²) in [6.07, 6.45) is 4.81. The molecule has 1 aromatic heterocycles. The van der Waals surface area contributed by atoms with Gasteiger partial charge in [-0.15, -0.1) is 11.3 Å². The molecule has 0 radical (unpaired) electrons. The fourth-order valence-corrected chi connectivity index (χ4v) is 4.60. The number of nitrogens with one attached hydrogen (secondary N) is 1. The smallest absolute Gasteiger partial charge is 0.110 e. The number of hydrogen-bond acceptors (Lipinski definition) is 4. The van der Waals surface area contributed by atoms with Crippen molar-refractivity contribution >= 4 is 11.3 Å². The van der Waals surface area contributed by atoms with E-state index in [1.54, 1.807) is 0 Å². The molecule has 1 aromatic rings. The van der Waals surface area contributed by atoms with Crippen LogP contribution in [-0.2, 0) is 0 Å². The number of nitrogens with zero attached hydrogens (tertiary/aromatic N) is 2. The Morgan fingerprint density at radius 3 is 2.62 bits per heavy atom. The van der Waals surface area contributed by atoms with E-state index < -0.39 is 0 Å². The molecule has 1 aliphatic carbocycles. The zero-order chi connectivity index (χ0) is 15.2. The van der Waals surface area contributed by atoms with Gasteiger partial charge >= 0.3 is 0 Å². The van der Waals surface area contributed by atoms with Crippen LogP contribution in [0.15, 0.2) is 6.20 Å². The first-order valence-corrected chi connectivity index (χ1v) is 9.15. The van der Waals surface area contributed by atoms with E-state index in [9.17, 15) is 0 Å². The van der Waals surface area contributed by atoms with Gasteiger partial charge < -0.3 is 5.32 Å². The maximum Gasteiger partial charge on any atom is 0.110 e. The molecule has 2 heterocycles. The monoisotopic (exact) mass is 307 g/mol. The van der Waals surface area contributed by atoms with E-state index in [1.807, 2.05) is 17.5 Å². The predicted octanol–water partition coefficient (Wildman–Crippen LogP) is 3.61. The van der Waals surface area contributed by atoms with Crippen molar-refractivity contribution in [3.63, 3.8) is 0 Å². The third kappa shape index (κ3) is 3.03. The first-order valence-electron chi connectivity index (χ1n) is 8.34. The highest BCUT2D eigenvalue weighted by Gasteiger charge is 2.47. The standard InChI is InChI=1S/C17H29N3S/c1-11(2)15-9-19-17(5,14-6-7-14)10-20(15)13(4)16-18-8-12(3)21-16/h8,11,13-15,19H,6-7,9-10H2,1-5H3. The van der Waals surface area contributed by atoms with Crippen LogP contribution in [0.1, 0.15) is 56.5 Å². The van der Waals surface area contributed by atoms with E-state index in [4.69, 9.17) is 0 Å². The second kappa shape index (κ2) is 5.64. The Labute approximate surface area is 133 Å². The quantitative estimate of drug-likeness (QED) is 0.921. The zero-order valence-corrected chi connectivity index (χ0v) is 14.8. The Morgan fingerprint density at radius 1 is 1.38 bits per heavy atom. The highest BCUT2D eigenvalue weighted by atomic mass is 32.1. The van der Waals surface area contributed by atoms with Gasteiger partial charge in [-0.1, -0.05) is 13.8 Å². The summed E-state index contributed by atoms with van der Waals surface area (Å²) >= 11 is 1.85. The van der Waals surface area contributed by atoms with Crippen LogP contribution >= 0.6 is 11.3 Å². The molecular formula is C17H29N3S. The van der Waals surface area contributed by atoms with Gasteiger partial charge in [0.15, 0.2) is 0 Å². The number of rotatable bonds is 4. The van der Waals surface area contributed by atoms with Crippen LogP contribution in [0.4, 0.5) is 0 Å². The maximum absolute atomic E-state index is 4.65. The molecule has 4 heteroatoms. The minimum atomic E-state index is 0.298. The molecule has 3 nitrogen and oxygen atoms in total. The van der Waals surface area contributed by atoms with Gasteiger partial charge in [-0.05, 0) is 45.4 Å². The van der Waals surface area contributed by atoms with Gasteiger partial charge in [0.2, 0.25) is 0 Å². The van der Waals surface area contributed by atoms with E-state index in [1.165, 1.54) is 22.7 Å². The normalized spacial score (nSPS) is 32.6. The Morgan fingerprint density at radius 2 is 2.10 bits per heavy atom. The third-order valence-corrected chi connectivity index (χ3v) is 6.48. The Balaban J connectivity index is 1.82. The van der Waals surface area contributed by atoms with Crippen molar-refractivity contribution in [2.24, 2.45) is 11.8 Å². The average molecular weight is 308 g/mol. The van der Waals surface area contributed by atoms with Crippen molar-refractivity contribution in [2.75, 3.05) is 13.1 Å². The predicted molar refractivity (Wildman–Crippen MR) is 89.7 cm³/mol. The summed E-state index contributed by atoms with van der Waals surface area (Å²) in [5.74, 6) is 1.54. The van der Waals surface area contributed by atoms with E-state index in [2.05, 4.69) is 49.8 Å². The Bertz CT molecular complexity index is 494. The molecule has 2 aliphatic rings. The minimum Gasteiger partial charge on any atom is -0.308 e. The largest absolute Gasteiger partial charge is 0.308 e. The van der Waals surface area contributed by atoms with Gasteiger partial charge in [0.05, 0.1) is 6.04 Å². The first kappa shape index (κ1) is 15.4. The van der Waals surface area contributed by atoms with Gasteiger partial charge in [0, 0.05) is 35.7 Å². The Hall–Kier alpha value is -0.450. The van der Waals surface area contributed by atoms with Gasteiger partial charge in [-0.2, -0.15) is 0 Å². The van der Waals surface area contributed by atoms with Gasteiger partial charge in [-0.3, -0.25) is 4.90 Å². The van der Waals surface area contributed by atoms with Crippen LogP contribution in [0.2, 0.25) is 0 Å². The first-order chi connectivity index (χ1) is 9.90. The van der Waals surface area contributed by atoms with Crippen molar-refractivity contribution in [2.45, 2.75) is 65.1 Å². The molecule has 1 N–H and O–H groups in total. The molecule has 3 atom stereocenters. The molecule has 118 valence electrons. The number of piperazine rings is 1. The lowest BCUT2D eigenvalue weighted by molar-refractivity contribution is 0.0229. The molecule has 2 fully saturated rings. The third-order valence-electron chi connectivity index (χ3n) is 5.39. The van der Waals surface area contributed by atoms with Gasteiger partial charge in [0.1, 0.15) is 5.01 Å². The van der Waals surface area contributed by atoms with Crippen molar-refractivity contribution in [3.05, 3.63) is 16.1 Å². The highest BCUT2D eigenvalue weighted by Crippen LogP contribution is 2.43. The fourth-order valence-electron chi connectivity index (χ4n) is 3.75. The summed E-state index contributed by atoms with van der Waals surface area (Å²) in [6, 6.07) is 1.03. The van der Waals surface area contributed by atoms with Crippen molar-refractivity contribution in [3.8, 4) is 0 Å². The molecule has 0 spiro atoms. The molecular weight excluding hydrogens is 278 g/mol. The molecule has 0 amide bonds. The number of thiazole rings is 1. The molecule has 1 saturated heterocycles. The van der Waals surface area contributed by atoms with E-state index in [0.29, 0.717) is 23.5 Å². The molecule has 1 aliphatic heterocycles. The molecule has 1 saturated carbocycles. The van der Waals surface area contributed by atoms with Gasteiger partial charge in [-0.25, -0.2) is 4.98 Å². The summed E-state index contributed by atoms with van der Waals surface area (Å²) in [5, 5.41) is 5.15. The van der Waals surface area contributed by atoms with Crippen LogP contribution in [-0.4, -0.2) is 34.6 Å². The van der Waals surface area contributed by atoms with Crippen LogP contribution in [0.25, 0.3) is 0 Å². The summed E-state index contributed by atoms with van der Waals surface area (Å²) in [7, 11) is 0.